The Kier molecular flexibility index (Phi) is 8.14. The molecule has 0 saturated carbocycles. The number of hydrogen-bond acceptors (Lipinski definition) is 6. The van der Waals surface area contributed by atoms with Crippen molar-refractivity contribution in [2.75, 3.05) is 33.9 Å². The Balaban J connectivity index is 1.58. The van der Waals surface area contributed by atoms with Crippen molar-refractivity contribution in [3.63, 3.8) is 0 Å². The summed E-state index contributed by atoms with van der Waals surface area (Å²) < 4.78 is 15.5. The molecule has 2 amide bonds. The van der Waals surface area contributed by atoms with Crippen LogP contribution in [0.5, 0.6) is 5.75 Å². The van der Waals surface area contributed by atoms with Crippen LogP contribution in [0, 0.1) is 0 Å². The molecule has 11 nitrogen and oxygen atoms in total. The van der Waals surface area contributed by atoms with Crippen LogP contribution >= 0.6 is 0 Å². The Hall–Kier alpha value is -4.12. The zero-order valence-electron chi connectivity index (χ0n) is 25.3. The lowest BCUT2D eigenvalue weighted by Gasteiger charge is -2.44. The van der Waals surface area contributed by atoms with Gasteiger partial charge in [-0.05, 0) is 70.9 Å². The lowest BCUT2D eigenvalue weighted by molar-refractivity contribution is 0.0315. The van der Waals surface area contributed by atoms with Crippen LogP contribution in [0.1, 0.15) is 50.9 Å². The highest BCUT2D eigenvalue weighted by Gasteiger charge is 2.37. The number of likely N-dealkylation sites (tertiary alicyclic amines) is 1. The molecule has 1 N–H and O–H groups in total. The van der Waals surface area contributed by atoms with Gasteiger partial charge in [-0.2, -0.15) is 0 Å². The van der Waals surface area contributed by atoms with Gasteiger partial charge in [0, 0.05) is 56.0 Å². The number of rotatable bonds is 8. The van der Waals surface area contributed by atoms with Gasteiger partial charge in [-0.3, -0.25) is 9.69 Å². The Morgan fingerprint density at radius 2 is 1.95 bits per heavy atom. The number of carbonyl (C=O) groups is 2. The van der Waals surface area contributed by atoms with Crippen LogP contribution < -0.4 is 4.74 Å². The number of hydrogen-bond donors (Lipinski definition) is 1. The minimum atomic E-state index is -0.973. The molecular formula is C31H40N6O5. The highest BCUT2D eigenvalue weighted by molar-refractivity contribution is 6.00. The highest BCUT2D eigenvalue weighted by atomic mass is 16.5. The summed E-state index contributed by atoms with van der Waals surface area (Å²) in [5, 5.41) is 11.0. The molecule has 0 radical (unpaired) electrons. The van der Waals surface area contributed by atoms with E-state index in [2.05, 4.69) is 27.1 Å². The van der Waals surface area contributed by atoms with E-state index in [0.29, 0.717) is 56.0 Å². The molecule has 1 aliphatic heterocycles. The maximum atomic E-state index is 13.9. The zero-order chi connectivity index (χ0) is 30.2. The molecule has 0 spiro atoms. The number of ether oxygens (including phenoxy) is 2. The Morgan fingerprint density at radius 1 is 1.17 bits per heavy atom. The monoisotopic (exact) mass is 576 g/mol. The van der Waals surface area contributed by atoms with Crippen LogP contribution in [0.3, 0.4) is 0 Å². The fraction of sp³-hybridized carbons (Fsp3) is 0.484. The average molecular weight is 577 g/mol. The second-order valence-corrected chi connectivity index (χ2v) is 11.7. The molecule has 4 aromatic rings. The van der Waals surface area contributed by atoms with Crippen LogP contribution in [0.15, 0.2) is 36.5 Å². The molecule has 5 rings (SSSR count). The maximum Gasteiger partial charge on any atom is 0.408 e. The minimum absolute atomic E-state index is 0.168. The first-order valence-corrected chi connectivity index (χ1v) is 14.4. The van der Waals surface area contributed by atoms with Gasteiger partial charge in [0.2, 0.25) is 0 Å². The van der Waals surface area contributed by atoms with E-state index in [0.717, 1.165) is 34.5 Å². The van der Waals surface area contributed by atoms with Gasteiger partial charge >= 0.3 is 6.09 Å². The van der Waals surface area contributed by atoms with Crippen LogP contribution in [-0.2, 0) is 17.8 Å². The molecule has 11 heteroatoms. The van der Waals surface area contributed by atoms with Crippen molar-refractivity contribution in [1.82, 2.24) is 28.9 Å². The molecular weight excluding hydrogens is 536 g/mol. The van der Waals surface area contributed by atoms with Gasteiger partial charge in [0.05, 0.1) is 31.0 Å². The summed E-state index contributed by atoms with van der Waals surface area (Å²) in [4.78, 5) is 38.9. The van der Waals surface area contributed by atoms with Gasteiger partial charge < -0.3 is 28.6 Å². The van der Waals surface area contributed by atoms with Crippen molar-refractivity contribution in [3.05, 3.63) is 42.1 Å². The van der Waals surface area contributed by atoms with E-state index in [9.17, 15) is 14.7 Å². The normalized spacial score (nSPS) is 15.9. The van der Waals surface area contributed by atoms with Crippen molar-refractivity contribution in [2.24, 2.45) is 0 Å². The van der Waals surface area contributed by atoms with E-state index in [4.69, 9.17) is 14.5 Å². The standard InChI is InChI=1S/C31H40N6O5/c1-7-35-24(17-20-10-8-12-32-27(20)35)28-33-23-16-21(18-25(42-6)26(23)36(28)14-15-41-5)29(38)34-13-9-11-22(19-34)37(30(39)40)31(2,3)4/h8,10,12,16-18,22H,7,9,11,13-15,19H2,1-6H3,(H,39,40)/t22-/m1/s1. The minimum Gasteiger partial charge on any atom is -0.494 e. The first kappa shape index (κ1) is 29.4. The van der Waals surface area contributed by atoms with Gasteiger partial charge in [-0.15, -0.1) is 0 Å². The molecule has 3 aromatic heterocycles. The van der Waals surface area contributed by atoms with Crippen molar-refractivity contribution in [3.8, 4) is 17.3 Å². The van der Waals surface area contributed by atoms with E-state index < -0.39 is 11.6 Å². The fourth-order valence-corrected chi connectivity index (χ4v) is 6.22. The number of benzene rings is 1. The molecule has 224 valence electrons. The number of piperidine rings is 1. The predicted molar refractivity (Wildman–Crippen MR) is 161 cm³/mol. The van der Waals surface area contributed by atoms with Gasteiger partial charge in [0.25, 0.3) is 5.91 Å². The summed E-state index contributed by atoms with van der Waals surface area (Å²) in [7, 11) is 3.26. The lowest BCUT2D eigenvalue weighted by Crippen LogP contribution is -2.57. The van der Waals surface area contributed by atoms with E-state index in [1.165, 1.54) is 4.90 Å². The maximum absolute atomic E-state index is 13.9. The molecule has 0 unspecified atom stereocenters. The Bertz CT molecular complexity index is 1620. The first-order chi connectivity index (χ1) is 20.1. The molecule has 1 aromatic carbocycles. The molecule has 1 saturated heterocycles. The number of methoxy groups -OCH3 is 2. The quantitative estimate of drug-likeness (QED) is 0.310. The molecule has 0 bridgehead atoms. The van der Waals surface area contributed by atoms with Gasteiger partial charge in [-0.25, -0.2) is 14.8 Å². The Labute approximate surface area is 245 Å². The van der Waals surface area contributed by atoms with Crippen molar-refractivity contribution in [1.29, 1.82) is 0 Å². The largest absolute Gasteiger partial charge is 0.494 e. The lowest BCUT2D eigenvalue weighted by atomic mass is 9.97. The summed E-state index contributed by atoms with van der Waals surface area (Å²) in [6.07, 6.45) is 2.25. The second kappa shape index (κ2) is 11.6. The van der Waals surface area contributed by atoms with Crippen LogP contribution in [0.4, 0.5) is 4.79 Å². The second-order valence-electron chi connectivity index (χ2n) is 11.7. The number of carbonyl (C=O) groups excluding carboxylic acids is 1. The third-order valence-electron chi connectivity index (χ3n) is 7.97. The number of amides is 2. The third-order valence-corrected chi connectivity index (χ3v) is 7.97. The number of nitrogens with zero attached hydrogens (tertiary/aromatic N) is 6. The molecule has 4 heterocycles. The predicted octanol–water partition coefficient (Wildman–Crippen LogP) is 5.11. The third kappa shape index (κ3) is 5.29. The summed E-state index contributed by atoms with van der Waals surface area (Å²) in [5.74, 6) is 1.11. The number of aryl methyl sites for hydroxylation is 1. The number of fused-ring (bicyclic) bond motifs is 2. The summed E-state index contributed by atoms with van der Waals surface area (Å²) >= 11 is 0. The number of imidazole rings is 1. The summed E-state index contributed by atoms with van der Waals surface area (Å²) in [6, 6.07) is 9.34. The van der Waals surface area contributed by atoms with Gasteiger partial charge in [0.1, 0.15) is 16.9 Å². The smallest absolute Gasteiger partial charge is 0.408 e. The van der Waals surface area contributed by atoms with E-state index in [1.54, 1.807) is 31.4 Å². The van der Waals surface area contributed by atoms with Crippen LogP contribution in [-0.4, -0.2) is 91.5 Å². The number of pyridine rings is 1. The van der Waals surface area contributed by atoms with E-state index >= 15 is 0 Å². The van der Waals surface area contributed by atoms with Crippen LogP contribution in [0.2, 0.25) is 0 Å². The topological polar surface area (TPSA) is 115 Å². The van der Waals surface area contributed by atoms with Gasteiger partial charge in [0.15, 0.2) is 5.82 Å². The molecule has 42 heavy (non-hydrogen) atoms. The molecule has 1 fully saturated rings. The molecule has 1 aliphatic rings. The van der Waals surface area contributed by atoms with E-state index in [-0.39, 0.29) is 11.9 Å². The van der Waals surface area contributed by atoms with Crippen molar-refractivity contribution in [2.45, 2.75) is 65.2 Å². The molecule has 0 aliphatic carbocycles. The Morgan fingerprint density at radius 3 is 2.62 bits per heavy atom. The van der Waals surface area contributed by atoms with Crippen molar-refractivity contribution < 1.29 is 24.2 Å². The van der Waals surface area contributed by atoms with E-state index in [1.807, 2.05) is 39.0 Å². The first-order valence-electron chi connectivity index (χ1n) is 14.4. The van der Waals surface area contributed by atoms with Crippen molar-refractivity contribution >= 4 is 34.1 Å². The zero-order valence-corrected chi connectivity index (χ0v) is 25.3. The fourth-order valence-electron chi connectivity index (χ4n) is 6.22. The summed E-state index contributed by atoms with van der Waals surface area (Å²) in [5.41, 5.74) is 3.10. The number of carboxylic acid groups (broad SMARTS) is 1. The molecule has 1 atom stereocenters. The SMILES string of the molecule is CCn1c(-c2nc3cc(C(=O)N4CCC[C@@H](N(C(=O)O)C(C)(C)C)C4)cc(OC)c3n2CCOC)cc2cccnc21. The number of aromatic nitrogens is 4. The van der Waals surface area contributed by atoms with Gasteiger partial charge in [-0.1, -0.05) is 0 Å². The van der Waals surface area contributed by atoms with Crippen LogP contribution in [0.25, 0.3) is 33.6 Å². The highest BCUT2D eigenvalue weighted by Crippen LogP contribution is 2.35. The average Bonchev–Trinajstić information content (AvgIpc) is 3.52. The summed E-state index contributed by atoms with van der Waals surface area (Å²) in [6.45, 7) is 10.3.